The van der Waals surface area contributed by atoms with Crippen LogP contribution in [0, 0.1) is 0 Å². The van der Waals surface area contributed by atoms with E-state index in [1.54, 1.807) is 4.90 Å². The van der Waals surface area contributed by atoms with Gasteiger partial charge in [-0.25, -0.2) is 0 Å². The summed E-state index contributed by atoms with van der Waals surface area (Å²) in [5.74, 6) is -1.86. The maximum Gasteiger partial charge on any atom is 0.320 e. The van der Waals surface area contributed by atoms with Gasteiger partial charge in [0.05, 0.1) is 0 Å². The maximum absolute atomic E-state index is 10.6. The minimum atomic E-state index is -0.942. The molecule has 1 atom stereocenters. The predicted octanol–water partition coefficient (Wildman–Crippen LogP) is -0.380. The first-order valence-electron chi connectivity index (χ1n) is 3.80. The van der Waals surface area contributed by atoms with Crippen molar-refractivity contribution in [3.63, 3.8) is 0 Å². The zero-order valence-electron chi connectivity index (χ0n) is 6.56. The van der Waals surface area contributed by atoms with E-state index in [-0.39, 0.29) is 12.8 Å². The van der Waals surface area contributed by atoms with Crippen LogP contribution < -0.4 is 0 Å². The average molecular weight is 173 g/mol. The number of carboxylic acid groups (broad SMARTS) is 2. The highest BCUT2D eigenvalue weighted by Crippen LogP contribution is 2.15. The Bertz CT molecular complexity index is 200. The van der Waals surface area contributed by atoms with Gasteiger partial charge in [0.2, 0.25) is 0 Å². The highest BCUT2D eigenvalue weighted by atomic mass is 16.4. The van der Waals surface area contributed by atoms with Crippen molar-refractivity contribution in [2.75, 3.05) is 13.1 Å². The van der Waals surface area contributed by atoms with Crippen molar-refractivity contribution in [1.29, 1.82) is 0 Å². The summed E-state index contributed by atoms with van der Waals surface area (Å²) in [6, 6.07) is -0.596. The third-order valence-electron chi connectivity index (χ3n) is 1.84. The SMILES string of the molecule is O=C(O)CCC(C(=O)O)N1CC1. The minimum Gasteiger partial charge on any atom is -0.481 e. The van der Waals surface area contributed by atoms with E-state index in [1.807, 2.05) is 0 Å². The number of nitrogens with zero attached hydrogens (tertiary/aromatic N) is 1. The van der Waals surface area contributed by atoms with E-state index >= 15 is 0 Å². The molecular formula is C7H11NO4. The Morgan fingerprint density at radius 1 is 1.33 bits per heavy atom. The molecule has 1 saturated heterocycles. The second-order valence-corrected chi connectivity index (χ2v) is 2.82. The summed E-state index contributed by atoms with van der Waals surface area (Å²) < 4.78 is 0. The molecule has 1 aliphatic heterocycles. The largest absolute Gasteiger partial charge is 0.481 e. The lowest BCUT2D eigenvalue weighted by Crippen LogP contribution is -2.29. The van der Waals surface area contributed by atoms with Crippen molar-refractivity contribution in [3.8, 4) is 0 Å². The molecule has 5 nitrogen and oxygen atoms in total. The quantitative estimate of drug-likeness (QED) is 0.554. The van der Waals surface area contributed by atoms with Gasteiger partial charge in [-0.2, -0.15) is 0 Å². The zero-order chi connectivity index (χ0) is 9.14. The van der Waals surface area contributed by atoms with Crippen LogP contribution in [0.25, 0.3) is 0 Å². The van der Waals surface area contributed by atoms with E-state index < -0.39 is 18.0 Å². The first kappa shape index (κ1) is 8.99. The van der Waals surface area contributed by atoms with Crippen molar-refractivity contribution < 1.29 is 19.8 Å². The third kappa shape index (κ3) is 2.50. The molecule has 1 aliphatic rings. The van der Waals surface area contributed by atoms with Crippen molar-refractivity contribution in [2.24, 2.45) is 0 Å². The molecule has 0 amide bonds. The van der Waals surface area contributed by atoms with Gasteiger partial charge in [-0.15, -0.1) is 0 Å². The van der Waals surface area contributed by atoms with Crippen LogP contribution in [0.5, 0.6) is 0 Å². The minimum absolute atomic E-state index is 0.0759. The normalized spacial score (nSPS) is 18.7. The molecular weight excluding hydrogens is 162 g/mol. The van der Waals surface area contributed by atoms with Gasteiger partial charge >= 0.3 is 11.9 Å². The molecule has 1 rings (SSSR count). The van der Waals surface area contributed by atoms with E-state index in [0.717, 1.165) is 13.1 Å². The summed E-state index contributed by atoms with van der Waals surface area (Å²) in [7, 11) is 0. The molecule has 2 N–H and O–H groups in total. The van der Waals surface area contributed by atoms with Gasteiger partial charge in [0.15, 0.2) is 0 Å². The molecule has 0 radical (unpaired) electrons. The number of carboxylic acids is 2. The lowest BCUT2D eigenvalue weighted by molar-refractivity contribution is -0.142. The Labute approximate surface area is 69.6 Å². The Hall–Kier alpha value is -1.10. The van der Waals surface area contributed by atoms with E-state index in [2.05, 4.69) is 0 Å². The van der Waals surface area contributed by atoms with Gasteiger partial charge in [0, 0.05) is 19.5 Å². The van der Waals surface area contributed by atoms with Crippen molar-refractivity contribution in [2.45, 2.75) is 18.9 Å². The Kier molecular flexibility index (Phi) is 2.65. The number of carbonyl (C=O) groups is 2. The van der Waals surface area contributed by atoms with Crippen LogP contribution in [-0.2, 0) is 9.59 Å². The molecule has 0 aromatic carbocycles. The molecule has 0 aliphatic carbocycles. The number of hydrogen-bond acceptors (Lipinski definition) is 3. The third-order valence-corrected chi connectivity index (χ3v) is 1.84. The molecule has 0 aromatic heterocycles. The lowest BCUT2D eigenvalue weighted by Gasteiger charge is -2.10. The van der Waals surface area contributed by atoms with Crippen LogP contribution in [0.2, 0.25) is 0 Å². The van der Waals surface area contributed by atoms with Gasteiger partial charge in [-0.1, -0.05) is 0 Å². The van der Waals surface area contributed by atoms with Gasteiger partial charge in [-0.3, -0.25) is 14.5 Å². The molecule has 0 saturated carbocycles. The summed E-state index contributed by atoms with van der Waals surface area (Å²) in [6.07, 6.45) is 0.123. The van der Waals surface area contributed by atoms with Gasteiger partial charge in [-0.05, 0) is 6.42 Å². The maximum atomic E-state index is 10.6. The van der Waals surface area contributed by atoms with Crippen molar-refractivity contribution in [3.05, 3.63) is 0 Å². The van der Waals surface area contributed by atoms with Crippen LogP contribution in [-0.4, -0.2) is 46.2 Å². The number of aliphatic carboxylic acids is 2. The summed E-state index contributed by atoms with van der Waals surface area (Å²) >= 11 is 0. The molecule has 0 bridgehead atoms. The fourth-order valence-corrected chi connectivity index (χ4v) is 1.09. The van der Waals surface area contributed by atoms with Gasteiger partial charge in [0.25, 0.3) is 0 Å². The number of hydrogen-bond donors (Lipinski definition) is 2. The highest BCUT2D eigenvalue weighted by molar-refractivity contribution is 5.75. The standard InChI is InChI=1S/C7H11NO4/c9-6(10)2-1-5(7(11)12)8-3-4-8/h5H,1-4H2,(H,9,10)(H,11,12). The highest BCUT2D eigenvalue weighted by Gasteiger charge is 2.32. The molecule has 1 heterocycles. The fraction of sp³-hybridized carbons (Fsp3) is 0.714. The Balaban J connectivity index is 2.33. The second-order valence-electron chi connectivity index (χ2n) is 2.82. The first-order valence-corrected chi connectivity index (χ1v) is 3.80. The smallest absolute Gasteiger partial charge is 0.320 e. The van der Waals surface area contributed by atoms with E-state index in [1.165, 1.54) is 0 Å². The van der Waals surface area contributed by atoms with Crippen LogP contribution in [0.15, 0.2) is 0 Å². The fourth-order valence-electron chi connectivity index (χ4n) is 1.09. The summed E-state index contributed by atoms with van der Waals surface area (Å²) in [5, 5.41) is 17.0. The van der Waals surface area contributed by atoms with Crippen molar-refractivity contribution in [1.82, 2.24) is 4.90 Å². The summed E-state index contributed by atoms with van der Waals surface area (Å²) in [4.78, 5) is 22.5. The Morgan fingerprint density at radius 3 is 2.25 bits per heavy atom. The molecule has 0 aromatic rings. The molecule has 1 unspecified atom stereocenters. The summed E-state index contributed by atoms with van der Waals surface area (Å²) in [5.41, 5.74) is 0. The Morgan fingerprint density at radius 2 is 1.92 bits per heavy atom. The summed E-state index contributed by atoms with van der Waals surface area (Å²) in [6.45, 7) is 1.55. The van der Waals surface area contributed by atoms with Gasteiger partial charge in [0.1, 0.15) is 6.04 Å². The lowest BCUT2D eigenvalue weighted by atomic mass is 10.1. The zero-order valence-corrected chi connectivity index (χ0v) is 6.56. The molecule has 1 fully saturated rings. The van der Waals surface area contributed by atoms with Crippen LogP contribution in [0.3, 0.4) is 0 Å². The molecule has 12 heavy (non-hydrogen) atoms. The number of rotatable bonds is 5. The van der Waals surface area contributed by atoms with Gasteiger partial charge < -0.3 is 10.2 Å². The van der Waals surface area contributed by atoms with E-state index in [0.29, 0.717) is 0 Å². The van der Waals surface area contributed by atoms with Crippen LogP contribution in [0.1, 0.15) is 12.8 Å². The molecule has 5 heteroatoms. The van der Waals surface area contributed by atoms with Crippen LogP contribution in [0.4, 0.5) is 0 Å². The van der Waals surface area contributed by atoms with Crippen LogP contribution >= 0.6 is 0 Å². The molecule has 0 spiro atoms. The average Bonchev–Trinajstić information content (AvgIpc) is 2.69. The van der Waals surface area contributed by atoms with E-state index in [9.17, 15) is 9.59 Å². The predicted molar refractivity (Wildman–Crippen MR) is 39.9 cm³/mol. The topological polar surface area (TPSA) is 77.6 Å². The monoisotopic (exact) mass is 173 g/mol. The molecule has 68 valence electrons. The first-order chi connectivity index (χ1) is 5.61. The second kappa shape index (κ2) is 3.53. The van der Waals surface area contributed by atoms with E-state index in [4.69, 9.17) is 10.2 Å². The van der Waals surface area contributed by atoms with Crippen molar-refractivity contribution >= 4 is 11.9 Å².